The number of hydrogen-bond donors (Lipinski definition) is 1. The maximum absolute atomic E-state index is 11.9. The van der Waals surface area contributed by atoms with Gasteiger partial charge in [0.2, 0.25) is 5.91 Å². The molecule has 8 heteroatoms. The molecule has 0 saturated carbocycles. The molecule has 6 nitrogen and oxygen atoms in total. The maximum atomic E-state index is 11.9. The van der Waals surface area contributed by atoms with Crippen molar-refractivity contribution in [3.63, 3.8) is 0 Å². The molecule has 0 aliphatic rings. The van der Waals surface area contributed by atoms with Gasteiger partial charge in [0.1, 0.15) is 9.97 Å². The van der Waals surface area contributed by atoms with Crippen LogP contribution >= 0.6 is 11.3 Å². The number of nitrogens with one attached hydrogen (secondary N) is 1. The quantitative estimate of drug-likeness (QED) is 0.909. The van der Waals surface area contributed by atoms with Gasteiger partial charge in [-0.3, -0.25) is 4.79 Å². The van der Waals surface area contributed by atoms with Gasteiger partial charge in [-0.2, -0.15) is 0 Å². The molecule has 1 amide bonds. The summed E-state index contributed by atoms with van der Waals surface area (Å²) in [6.07, 6.45) is 0.373. The highest BCUT2D eigenvalue weighted by molar-refractivity contribution is 7.92. The number of amides is 1. The second-order valence-corrected chi connectivity index (χ2v) is 7.52. The van der Waals surface area contributed by atoms with Crippen LogP contribution in [0.15, 0.2) is 26.9 Å². The summed E-state index contributed by atoms with van der Waals surface area (Å²) in [5, 5.41) is 3.74. The van der Waals surface area contributed by atoms with Crippen molar-refractivity contribution >= 4 is 27.3 Å². The molecule has 2 aromatic heterocycles. The van der Waals surface area contributed by atoms with Crippen LogP contribution in [0.4, 0.5) is 0 Å². The normalized spacial score (nSPS) is 11.5. The molecule has 0 atom stereocenters. The third-order valence-electron chi connectivity index (χ3n) is 2.51. The number of aromatic nitrogens is 1. The first-order valence-electron chi connectivity index (χ1n) is 5.91. The van der Waals surface area contributed by atoms with Gasteiger partial charge >= 0.3 is 0 Å². The monoisotopic (exact) mass is 314 g/mol. The van der Waals surface area contributed by atoms with Crippen LogP contribution in [0.2, 0.25) is 0 Å². The fourth-order valence-corrected chi connectivity index (χ4v) is 3.88. The van der Waals surface area contributed by atoms with Gasteiger partial charge in [-0.05, 0) is 26.0 Å². The Labute approximate surface area is 120 Å². The summed E-state index contributed by atoms with van der Waals surface area (Å²) in [5.74, 6) is 0.0961. The second-order valence-electron chi connectivity index (χ2n) is 4.32. The van der Waals surface area contributed by atoms with Crippen LogP contribution in [0.3, 0.4) is 0 Å². The number of hydrogen-bond acceptors (Lipinski definition) is 6. The van der Waals surface area contributed by atoms with E-state index in [2.05, 4.69) is 5.16 Å². The van der Waals surface area contributed by atoms with Crippen molar-refractivity contribution in [2.24, 2.45) is 0 Å². The Balaban J connectivity index is 1.94. The lowest BCUT2D eigenvalue weighted by Crippen LogP contribution is -2.30. The summed E-state index contributed by atoms with van der Waals surface area (Å²) in [6.45, 7) is 3.55. The highest BCUT2D eigenvalue weighted by Crippen LogP contribution is 2.20. The lowest BCUT2D eigenvalue weighted by molar-refractivity contribution is -0.119. The van der Waals surface area contributed by atoms with Crippen molar-refractivity contribution in [3.8, 4) is 0 Å². The molecule has 0 bridgehead atoms. The molecule has 20 heavy (non-hydrogen) atoms. The molecular formula is C12H14N2O4S2. The van der Waals surface area contributed by atoms with E-state index in [-0.39, 0.29) is 10.6 Å². The molecule has 0 fully saturated rings. The average molecular weight is 314 g/mol. The minimum atomic E-state index is -3.76. The van der Waals surface area contributed by atoms with Crippen LogP contribution < -0.4 is 4.72 Å². The molecule has 2 heterocycles. The van der Waals surface area contributed by atoms with Crippen LogP contribution in [0.5, 0.6) is 0 Å². The zero-order chi connectivity index (χ0) is 14.8. The zero-order valence-electron chi connectivity index (χ0n) is 11.0. The molecule has 0 spiro atoms. The van der Waals surface area contributed by atoms with Gasteiger partial charge in [0.25, 0.3) is 10.0 Å². The Morgan fingerprint density at radius 1 is 1.40 bits per heavy atom. The SMILES string of the molecule is Cc1cc(CCC(=O)NS(=O)(=O)c2ccc(C)s2)no1. The van der Waals surface area contributed by atoms with Gasteiger partial charge < -0.3 is 4.52 Å². The van der Waals surface area contributed by atoms with Crippen molar-refractivity contribution < 1.29 is 17.7 Å². The summed E-state index contributed by atoms with van der Waals surface area (Å²) in [5.41, 5.74) is 0.627. The molecule has 2 aromatic rings. The first-order chi connectivity index (χ1) is 9.37. The highest BCUT2D eigenvalue weighted by atomic mass is 32.2. The Kier molecular flexibility index (Phi) is 4.24. The Bertz CT molecular complexity index is 715. The molecule has 108 valence electrons. The molecule has 0 aromatic carbocycles. The average Bonchev–Trinajstić information content (AvgIpc) is 2.95. The van der Waals surface area contributed by atoms with Gasteiger partial charge in [-0.1, -0.05) is 5.16 Å². The minimum absolute atomic E-state index is 0.0373. The van der Waals surface area contributed by atoms with E-state index in [1.807, 2.05) is 4.72 Å². The summed E-state index contributed by atoms with van der Waals surface area (Å²) in [6, 6.07) is 4.89. The number of rotatable bonds is 5. The molecule has 0 radical (unpaired) electrons. The van der Waals surface area contributed by atoms with E-state index in [0.29, 0.717) is 17.9 Å². The lowest BCUT2D eigenvalue weighted by atomic mass is 10.2. The van der Waals surface area contributed by atoms with E-state index in [1.54, 1.807) is 26.0 Å². The van der Waals surface area contributed by atoms with Gasteiger partial charge in [-0.25, -0.2) is 13.1 Å². The zero-order valence-corrected chi connectivity index (χ0v) is 12.7. The Hall–Kier alpha value is -1.67. The highest BCUT2D eigenvalue weighted by Gasteiger charge is 2.19. The number of carbonyl (C=O) groups excluding carboxylic acids is 1. The number of thiophene rings is 1. The third-order valence-corrected chi connectivity index (χ3v) is 5.38. The van der Waals surface area contributed by atoms with E-state index >= 15 is 0 Å². The molecule has 1 N–H and O–H groups in total. The largest absolute Gasteiger partial charge is 0.361 e. The fourth-order valence-electron chi connectivity index (χ4n) is 1.59. The Morgan fingerprint density at radius 2 is 2.15 bits per heavy atom. The van der Waals surface area contributed by atoms with Gasteiger partial charge in [0.05, 0.1) is 5.69 Å². The molecule has 0 saturated heterocycles. The van der Waals surface area contributed by atoms with E-state index in [1.165, 1.54) is 6.07 Å². The summed E-state index contributed by atoms with van der Waals surface area (Å²) >= 11 is 1.12. The predicted molar refractivity (Wildman–Crippen MR) is 73.9 cm³/mol. The van der Waals surface area contributed by atoms with Crippen molar-refractivity contribution in [2.45, 2.75) is 30.9 Å². The van der Waals surface area contributed by atoms with Gasteiger partial charge in [0.15, 0.2) is 0 Å². The number of aryl methyl sites for hydroxylation is 3. The lowest BCUT2D eigenvalue weighted by Gasteiger charge is -2.03. The van der Waals surface area contributed by atoms with E-state index < -0.39 is 15.9 Å². The van der Waals surface area contributed by atoms with Crippen LogP contribution in [-0.4, -0.2) is 19.5 Å². The van der Waals surface area contributed by atoms with Crippen LogP contribution in [0.1, 0.15) is 22.8 Å². The summed E-state index contributed by atoms with van der Waals surface area (Å²) in [7, 11) is -3.76. The van der Waals surface area contributed by atoms with E-state index in [9.17, 15) is 13.2 Å². The standard InChI is InChI=1S/C12H14N2O4S2/c1-8-7-10(13-18-8)4-5-11(15)14-20(16,17)12-6-3-9(2)19-12/h3,6-7H,4-5H2,1-2H3,(H,14,15). The molecule has 0 aliphatic carbocycles. The molecule has 2 rings (SSSR count). The first kappa shape index (κ1) is 14.7. The van der Waals surface area contributed by atoms with Crippen LogP contribution in [0, 0.1) is 13.8 Å². The van der Waals surface area contributed by atoms with Crippen LogP contribution in [-0.2, 0) is 21.2 Å². The Morgan fingerprint density at radius 3 is 2.70 bits per heavy atom. The van der Waals surface area contributed by atoms with Gasteiger partial charge in [0, 0.05) is 23.8 Å². The number of nitrogens with zero attached hydrogens (tertiary/aromatic N) is 1. The number of carbonyl (C=O) groups is 1. The molecule has 0 unspecified atom stereocenters. The topological polar surface area (TPSA) is 89.3 Å². The maximum Gasteiger partial charge on any atom is 0.273 e. The van der Waals surface area contributed by atoms with E-state index in [4.69, 9.17) is 4.52 Å². The van der Waals surface area contributed by atoms with Crippen molar-refractivity contribution in [1.82, 2.24) is 9.88 Å². The number of sulfonamides is 1. The van der Waals surface area contributed by atoms with Crippen molar-refractivity contribution in [1.29, 1.82) is 0 Å². The fraction of sp³-hybridized carbons (Fsp3) is 0.333. The third kappa shape index (κ3) is 3.67. The summed E-state index contributed by atoms with van der Waals surface area (Å²) in [4.78, 5) is 12.5. The predicted octanol–water partition coefficient (Wildman–Crippen LogP) is 1.79. The van der Waals surface area contributed by atoms with Crippen molar-refractivity contribution in [3.05, 3.63) is 34.5 Å². The molecule has 0 aliphatic heterocycles. The van der Waals surface area contributed by atoms with Crippen molar-refractivity contribution in [2.75, 3.05) is 0 Å². The van der Waals surface area contributed by atoms with E-state index in [0.717, 1.165) is 16.2 Å². The smallest absolute Gasteiger partial charge is 0.273 e. The first-order valence-corrected chi connectivity index (χ1v) is 8.21. The second kappa shape index (κ2) is 5.76. The minimum Gasteiger partial charge on any atom is -0.361 e. The van der Waals surface area contributed by atoms with Crippen LogP contribution in [0.25, 0.3) is 0 Å². The summed E-state index contributed by atoms with van der Waals surface area (Å²) < 4.78 is 30.9. The molecular weight excluding hydrogens is 300 g/mol. The van der Waals surface area contributed by atoms with Gasteiger partial charge in [-0.15, -0.1) is 11.3 Å².